The van der Waals surface area contributed by atoms with E-state index in [2.05, 4.69) is 34.2 Å². The summed E-state index contributed by atoms with van der Waals surface area (Å²) in [5.74, 6) is 0. The summed E-state index contributed by atoms with van der Waals surface area (Å²) in [5.41, 5.74) is 0. The molecule has 0 saturated carbocycles. The van der Waals surface area contributed by atoms with Gasteiger partial charge in [-0.25, -0.2) is 4.98 Å². The molecule has 1 unspecified atom stereocenters. The Morgan fingerprint density at radius 2 is 2.41 bits per heavy atom. The molecule has 1 aliphatic heterocycles. The highest BCUT2D eigenvalue weighted by Crippen LogP contribution is 2.26. The fourth-order valence-electron chi connectivity index (χ4n) is 2.25. The number of nitrogens with one attached hydrogen (secondary N) is 1. The first-order chi connectivity index (χ1) is 8.20. The molecule has 5 heteroatoms. The third kappa shape index (κ3) is 3.18. The quantitative estimate of drug-likeness (QED) is 0.880. The Morgan fingerprint density at radius 3 is 3.12 bits per heavy atom. The monoisotopic (exact) mass is 254 g/mol. The summed E-state index contributed by atoms with van der Waals surface area (Å²) in [6.07, 6.45) is 4.57. The van der Waals surface area contributed by atoms with E-state index in [9.17, 15) is 0 Å². The van der Waals surface area contributed by atoms with Gasteiger partial charge in [-0.1, -0.05) is 0 Å². The lowest BCUT2D eigenvalue weighted by molar-refractivity contribution is 0.258. The first-order valence-electron chi connectivity index (χ1n) is 6.21. The van der Waals surface area contributed by atoms with Gasteiger partial charge in [0, 0.05) is 36.8 Å². The fraction of sp³-hybridized carbons (Fsp3) is 0.750. The molecule has 1 fully saturated rings. The number of rotatable bonds is 4. The van der Waals surface area contributed by atoms with Crippen LogP contribution in [0.25, 0.3) is 0 Å². The molecule has 2 heterocycles. The van der Waals surface area contributed by atoms with E-state index in [0.29, 0.717) is 6.04 Å². The molecule has 0 bridgehead atoms. The molecule has 0 amide bonds. The topological polar surface area (TPSA) is 31.4 Å². The zero-order chi connectivity index (χ0) is 12.3. The van der Waals surface area contributed by atoms with Crippen molar-refractivity contribution in [1.82, 2.24) is 15.2 Å². The van der Waals surface area contributed by atoms with Crippen LogP contribution in [0.4, 0.5) is 5.13 Å². The molecule has 1 aliphatic rings. The Bertz CT molecular complexity index is 350. The Morgan fingerprint density at radius 1 is 1.59 bits per heavy atom. The average molecular weight is 254 g/mol. The van der Waals surface area contributed by atoms with Crippen molar-refractivity contribution < 1.29 is 0 Å². The van der Waals surface area contributed by atoms with Gasteiger partial charge in [0.15, 0.2) is 5.13 Å². The molecule has 0 radical (unpaired) electrons. The van der Waals surface area contributed by atoms with E-state index in [4.69, 9.17) is 0 Å². The van der Waals surface area contributed by atoms with Crippen molar-refractivity contribution in [3.8, 4) is 0 Å². The molecule has 0 aliphatic carbocycles. The number of likely N-dealkylation sites (N-methyl/N-ethyl adjacent to an activating group) is 1. The molecule has 1 N–H and O–H groups in total. The first-order valence-corrected chi connectivity index (χ1v) is 7.03. The molecule has 0 aromatic carbocycles. The smallest absolute Gasteiger partial charge is 0.185 e. The van der Waals surface area contributed by atoms with Gasteiger partial charge in [-0.3, -0.25) is 0 Å². The van der Waals surface area contributed by atoms with E-state index in [1.54, 1.807) is 0 Å². The predicted molar refractivity (Wildman–Crippen MR) is 73.8 cm³/mol. The highest BCUT2D eigenvalue weighted by molar-refractivity contribution is 7.15. The van der Waals surface area contributed by atoms with E-state index < -0.39 is 0 Å². The minimum Gasteiger partial charge on any atom is -0.347 e. The van der Waals surface area contributed by atoms with Crippen LogP contribution < -0.4 is 10.2 Å². The molecule has 1 saturated heterocycles. The maximum absolute atomic E-state index is 4.54. The highest BCUT2D eigenvalue weighted by Gasteiger charge is 2.23. The summed E-state index contributed by atoms with van der Waals surface area (Å²) in [6, 6.07) is 0.667. The predicted octanol–water partition coefficient (Wildman–Crippen LogP) is 1.39. The van der Waals surface area contributed by atoms with Crippen molar-refractivity contribution in [2.24, 2.45) is 0 Å². The van der Waals surface area contributed by atoms with Crippen LogP contribution in [0, 0.1) is 0 Å². The Kier molecular flexibility index (Phi) is 4.36. The first kappa shape index (κ1) is 12.8. The van der Waals surface area contributed by atoms with Gasteiger partial charge in [0.25, 0.3) is 0 Å². The van der Waals surface area contributed by atoms with Crippen molar-refractivity contribution >= 4 is 16.5 Å². The normalized spacial score (nSPS) is 21.2. The third-order valence-electron chi connectivity index (χ3n) is 3.29. The minimum atomic E-state index is 0.667. The largest absolute Gasteiger partial charge is 0.347 e. The van der Waals surface area contributed by atoms with Crippen molar-refractivity contribution in [3.05, 3.63) is 11.1 Å². The standard InChI is InChI=1S/C12H22N4S/c1-13-7-11-8-14-12(17-11)16-6-4-5-10(9-16)15(2)3/h8,10,13H,4-7,9H2,1-3H3. The second-order valence-corrected chi connectivity index (χ2v) is 5.94. The number of aromatic nitrogens is 1. The van der Waals surface area contributed by atoms with Crippen molar-refractivity contribution in [2.45, 2.75) is 25.4 Å². The van der Waals surface area contributed by atoms with Crippen LogP contribution in [-0.4, -0.2) is 50.2 Å². The Labute approximate surface area is 108 Å². The van der Waals surface area contributed by atoms with Gasteiger partial charge in [0.2, 0.25) is 0 Å². The zero-order valence-electron chi connectivity index (χ0n) is 10.9. The average Bonchev–Trinajstić information content (AvgIpc) is 2.78. The molecule has 96 valence electrons. The van der Waals surface area contributed by atoms with Gasteiger partial charge in [-0.15, -0.1) is 11.3 Å². The molecule has 0 spiro atoms. The molecule has 1 atom stereocenters. The van der Waals surface area contributed by atoms with Gasteiger partial charge in [-0.05, 0) is 34.0 Å². The van der Waals surface area contributed by atoms with Crippen LogP contribution in [0.15, 0.2) is 6.20 Å². The Balaban J connectivity index is 2.00. The second-order valence-electron chi connectivity index (χ2n) is 4.85. The van der Waals surface area contributed by atoms with Crippen molar-refractivity contribution in [1.29, 1.82) is 0 Å². The number of piperidine rings is 1. The summed E-state index contributed by atoms with van der Waals surface area (Å²) in [7, 11) is 6.31. The fourth-order valence-corrected chi connectivity index (χ4v) is 3.21. The van der Waals surface area contributed by atoms with E-state index in [1.165, 1.54) is 22.9 Å². The van der Waals surface area contributed by atoms with Crippen LogP contribution in [0.2, 0.25) is 0 Å². The summed E-state index contributed by atoms with van der Waals surface area (Å²) in [6.45, 7) is 3.18. The van der Waals surface area contributed by atoms with E-state index in [1.807, 2.05) is 24.6 Å². The molecule has 17 heavy (non-hydrogen) atoms. The summed E-state index contributed by atoms with van der Waals surface area (Å²) >= 11 is 1.81. The van der Waals surface area contributed by atoms with Crippen LogP contribution in [-0.2, 0) is 6.54 Å². The second kappa shape index (κ2) is 5.80. The molecule has 4 nitrogen and oxygen atoms in total. The molecule has 2 rings (SSSR count). The number of thiazole rings is 1. The van der Waals surface area contributed by atoms with Gasteiger partial charge in [0.05, 0.1) is 0 Å². The number of hydrogen-bond donors (Lipinski definition) is 1. The summed E-state index contributed by atoms with van der Waals surface area (Å²) < 4.78 is 0. The zero-order valence-corrected chi connectivity index (χ0v) is 11.8. The van der Waals surface area contributed by atoms with Crippen molar-refractivity contribution in [2.75, 3.05) is 39.1 Å². The Hall–Kier alpha value is -0.650. The minimum absolute atomic E-state index is 0.667. The number of nitrogens with zero attached hydrogens (tertiary/aromatic N) is 3. The van der Waals surface area contributed by atoms with E-state index >= 15 is 0 Å². The van der Waals surface area contributed by atoms with E-state index in [-0.39, 0.29) is 0 Å². The van der Waals surface area contributed by atoms with Gasteiger partial charge < -0.3 is 15.1 Å². The lowest BCUT2D eigenvalue weighted by atomic mass is 10.1. The number of hydrogen-bond acceptors (Lipinski definition) is 5. The maximum Gasteiger partial charge on any atom is 0.185 e. The van der Waals surface area contributed by atoms with Gasteiger partial charge >= 0.3 is 0 Å². The van der Waals surface area contributed by atoms with Gasteiger partial charge in [0.1, 0.15) is 0 Å². The summed E-state index contributed by atoms with van der Waals surface area (Å²) in [4.78, 5) is 10.6. The van der Waals surface area contributed by atoms with Gasteiger partial charge in [-0.2, -0.15) is 0 Å². The lowest BCUT2D eigenvalue weighted by Crippen LogP contribution is -2.45. The summed E-state index contributed by atoms with van der Waals surface area (Å²) in [5, 5.41) is 4.35. The lowest BCUT2D eigenvalue weighted by Gasteiger charge is -2.35. The molecule has 1 aromatic heterocycles. The maximum atomic E-state index is 4.54. The SMILES string of the molecule is CNCc1cnc(N2CCCC(N(C)C)C2)s1. The molecular formula is C12H22N4S. The van der Waals surface area contributed by atoms with Crippen LogP contribution in [0.5, 0.6) is 0 Å². The third-order valence-corrected chi connectivity index (χ3v) is 4.35. The van der Waals surface area contributed by atoms with E-state index in [0.717, 1.165) is 19.6 Å². The number of anilines is 1. The molecular weight excluding hydrogens is 232 g/mol. The van der Waals surface area contributed by atoms with Crippen molar-refractivity contribution in [3.63, 3.8) is 0 Å². The molecule has 1 aromatic rings. The van der Waals surface area contributed by atoms with Crippen LogP contribution in [0.1, 0.15) is 17.7 Å². The van der Waals surface area contributed by atoms with Crippen LogP contribution in [0.3, 0.4) is 0 Å². The van der Waals surface area contributed by atoms with Crippen LogP contribution >= 0.6 is 11.3 Å². The highest BCUT2D eigenvalue weighted by atomic mass is 32.1.